The molecule has 96 valence electrons. The topological polar surface area (TPSA) is 15.3 Å². The van der Waals surface area contributed by atoms with E-state index in [9.17, 15) is 0 Å². The SMILES string of the molecule is CC(CCN(C)C)NC(C)Cc1ccccc1. The van der Waals surface area contributed by atoms with E-state index in [2.05, 4.69) is 68.5 Å². The summed E-state index contributed by atoms with van der Waals surface area (Å²) in [6.07, 6.45) is 2.30. The molecule has 0 aliphatic carbocycles. The van der Waals surface area contributed by atoms with Crippen LogP contribution in [0.3, 0.4) is 0 Å². The molecule has 1 aromatic rings. The lowest BCUT2D eigenvalue weighted by molar-refractivity contribution is 0.352. The van der Waals surface area contributed by atoms with Crippen molar-refractivity contribution < 1.29 is 0 Å². The Bertz CT molecular complexity index is 295. The zero-order valence-corrected chi connectivity index (χ0v) is 11.6. The predicted octanol–water partition coefficient (Wildman–Crippen LogP) is 2.55. The highest BCUT2D eigenvalue weighted by Crippen LogP contribution is 2.04. The highest BCUT2D eigenvalue weighted by atomic mass is 15.1. The Morgan fingerprint density at radius 1 is 1.06 bits per heavy atom. The van der Waals surface area contributed by atoms with Gasteiger partial charge in [0.25, 0.3) is 0 Å². The molecule has 1 rings (SSSR count). The molecular weight excluding hydrogens is 208 g/mol. The summed E-state index contributed by atoms with van der Waals surface area (Å²) in [4.78, 5) is 2.24. The maximum Gasteiger partial charge on any atom is 0.00816 e. The molecule has 0 spiro atoms. The van der Waals surface area contributed by atoms with Crippen LogP contribution in [0.25, 0.3) is 0 Å². The maximum atomic E-state index is 3.66. The molecule has 0 heterocycles. The Morgan fingerprint density at radius 3 is 2.29 bits per heavy atom. The third-order valence-electron chi connectivity index (χ3n) is 2.96. The zero-order valence-electron chi connectivity index (χ0n) is 11.6. The van der Waals surface area contributed by atoms with Crippen LogP contribution in [-0.2, 0) is 6.42 Å². The molecule has 1 aromatic carbocycles. The molecule has 1 N–H and O–H groups in total. The standard InChI is InChI=1S/C15H26N2/c1-13(10-11-17(3)4)16-14(2)12-15-8-6-5-7-9-15/h5-9,13-14,16H,10-12H2,1-4H3. The van der Waals surface area contributed by atoms with Crippen molar-refractivity contribution in [3.8, 4) is 0 Å². The van der Waals surface area contributed by atoms with E-state index in [0.29, 0.717) is 12.1 Å². The average Bonchev–Trinajstić information content (AvgIpc) is 2.27. The molecule has 2 nitrogen and oxygen atoms in total. The lowest BCUT2D eigenvalue weighted by Crippen LogP contribution is -2.37. The summed E-state index contributed by atoms with van der Waals surface area (Å²) in [5.41, 5.74) is 1.41. The third-order valence-corrected chi connectivity index (χ3v) is 2.96. The highest BCUT2D eigenvalue weighted by molar-refractivity contribution is 5.15. The van der Waals surface area contributed by atoms with Crippen LogP contribution in [0.2, 0.25) is 0 Å². The average molecular weight is 234 g/mol. The molecular formula is C15H26N2. The predicted molar refractivity (Wildman–Crippen MR) is 75.4 cm³/mol. The molecule has 0 saturated carbocycles. The van der Waals surface area contributed by atoms with Gasteiger partial charge in [0.15, 0.2) is 0 Å². The quantitative estimate of drug-likeness (QED) is 0.780. The fourth-order valence-corrected chi connectivity index (χ4v) is 2.05. The van der Waals surface area contributed by atoms with Crippen LogP contribution in [0.1, 0.15) is 25.8 Å². The van der Waals surface area contributed by atoms with E-state index in [1.165, 1.54) is 12.0 Å². The van der Waals surface area contributed by atoms with Crippen LogP contribution < -0.4 is 5.32 Å². The summed E-state index contributed by atoms with van der Waals surface area (Å²) < 4.78 is 0. The van der Waals surface area contributed by atoms with Crippen molar-refractivity contribution in [1.29, 1.82) is 0 Å². The molecule has 0 saturated heterocycles. The molecule has 0 fully saturated rings. The van der Waals surface area contributed by atoms with Crippen molar-refractivity contribution in [3.63, 3.8) is 0 Å². The number of benzene rings is 1. The van der Waals surface area contributed by atoms with Gasteiger partial charge in [-0.15, -0.1) is 0 Å². The minimum Gasteiger partial charge on any atom is -0.311 e. The minimum atomic E-state index is 0.537. The normalized spacial score (nSPS) is 14.9. The molecule has 0 aliphatic rings. The molecule has 2 atom stereocenters. The van der Waals surface area contributed by atoms with Crippen LogP contribution >= 0.6 is 0 Å². The van der Waals surface area contributed by atoms with Crippen molar-refractivity contribution in [2.45, 2.75) is 38.8 Å². The van der Waals surface area contributed by atoms with E-state index in [1.807, 2.05) is 0 Å². The Labute approximate surface area is 106 Å². The number of hydrogen-bond donors (Lipinski definition) is 1. The summed E-state index contributed by atoms with van der Waals surface area (Å²) in [6.45, 7) is 5.68. The van der Waals surface area contributed by atoms with E-state index in [1.54, 1.807) is 0 Å². The number of nitrogens with zero attached hydrogens (tertiary/aromatic N) is 1. The van der Waals surface area contributed by atoms with E-state index >= 15 is 0 Å². The second-order valence-electron chi connectivity index (χ2n) is 5.25. The number of hydrogen-bond acceptors (Lipinski definition) is 2. The molecule has 0 radical (unpaired) electrons. The van der Waals surface area contributed by atoms with Gasteiger partial charge in [-0.25, -0.2) is 0 Å². The summed E-state index contributed by atoms with van der Waals surface area (Å²) >= 11 is 0. The van der Waals surface area contributed by atoms with Gasteiger partial charge in [0.1, 0.15) is 0 Å². The van der Waals surface area contributed by atoms with Gasteiger partial charge in [-0.3, -0.25) is 0 Å². The van der Waals surface area contributed by atoms with E-state index in [4.69, 9.17) is 0 Å². The fourth-order valence-electron chi connectivity index (χ4n) is 2.05. The van der Waals surface area contributed by atoms with Crippen LogP contribution in [0, 0.1) is 0 Å². The zero-order chi connectivity index (χ0) is 12.7. The van der Waals surface area contributed by atoms with Crippen molar-refractivity contribution in [1.82, 2.24) is 10.2 Å². The molecule has 0 aromatic heterocycles. The van der Waals surface area contributed by atoms with Crippen LogP contribution in [0.15, 0.2) is 30.3 Å². The van der Waals surface area contributed by atoms with Crippen LogP contribution in [0.4, 0.5) is 0 Å². The molecule has 0 bridgehead atoms. The summed E-state index contributed by atoms with van der Waals surface area (Å²) in [7, 11) is 4.25. The van der Waals surface area contributed by atoms with Gasteiger partial charge in [-0.05, 0) is 52.9 Å². The van der Waals surface area contributed by atoms with E-state index in [0.717, 1.165) is 13.0 Å². The highest BCUT2D eigenvalue weighted by Gasteiger charge is 2.08. The summed E-state index contributed by atoms with van der Waals surface area (Å²) in [5.74, 6) is 0. The van der Waals surface area contributed by atoms with Gasteiger partial charge < -0.3 is 10.2 Å². The Balaban J connectivity index is 2.27. The van der Waals surface area contributed by atoms with E-state index in [-0.39, 0.29) is 0 Å². The van der Waals surface area contributed by atoms with Gasteiger partial charge >= 0.3 is 0 Å². The first-order chi connectivity index (χ1) is 8.08. The number of rotatable bonds is 7. The van der Waals surface area contributed by atoms with Crippen molar-refractivity contribution in [2.24, 2.45) is 0 Å². The Morgan fingerprint density at radius 2 is 1.71 bits per heavy atom. The van der Waals surface area contributed by atoms with Crippen molar-refractivity contribution in [2.75, 3.05) is 20.6 Å². The molecule has 17 heavy (non-hydrogen) atoms. The van der Waals surface area contributed by atoms with Gasteiger partial charge in [0, 0.05) is 12.1 Å². The third kappa shape index (κ3) is 6.44. The van der Waals surface area contributed by atoms with Crippen molar-refractivity contribution >= 4 is 0 Å². The summed E-state index contributed by atoms with van der Waals surface area (Å²) in [5, 5.41) is 3.66. The largest absolute Gasteiger partial charge is 0.311 e. The molecule has 0 amide bonds. The second kappa shape index (κ2) is 7.46. The Hall–Kier alpha value is -0.860. The molecule has 2 heteroatoms. The first kappa shape index (κ1) is 14.2. The minimum absolute atomic E-state index is 0.537. The first-order valence-electron chi connectivity index (χ1n) is 6.52. The van der Waals surface area contributed by atoms with Gasteiger partial charge in [-0.2, -0.15) is 0 Å². The lowest BCUT2D eigenvalue weighted by Gasteiger charge is -2.21. The summed E-state index contributed by atoms with van der Waals surface area (Å²) in [6, 6.07) is 11.8. The fraction of sp³-hybridized carbons (Fsp3) is 0.600. The van der Waals surface area contributed by atoms with E-state index < -0.39 is 0 Å². The maximum absolute atomic E-state index is 3.66. The monoisotopic (exact) mass is 234 g/mol. The second-order valence-corrected chi connectivity index (χ2v) is 5.25. The van der Waals surface area contributed by atoms with Gasteiger partial charge in [0.2, 0.25) is 0 Å². The smallest absolute Gasteiger partial charge is 0.00816 e. The number of nitrogens with one attached hydrogen (secondary N) is 1. The van der Waals surface area contributed by atoms with Gasteiger partial charge in [0.05, 0.1) is 0 Å². The van der Waals surface area contributed by atoms with Crippen LogP contribution in [0.5, 0.6) is 0 Å². The Kier molecular flexibility index (Phi) is 6.23. The van der Waals surface area contributed by atoms with Gasteiger partial charge in [-0.1, -0.05) is 30.3 Å². The lowest BCUT2D eigenvalue weighted by atomic mass is 10.1. The molecule has 0 aliphatic heterocycles. The van der Waals surface area contributed by atoms with Crippen LogP contribution in [-0.4, -0.2) is 37.6 Å². The van der Waals surface area contributed by atoms with Crippen molar-refractivity contribution in [3.05, 3.63) is 35.9 Å². The first-order valence-corrected chi connectivity index (χ1v) is 6.52. The molecule has 2 unspecified atom stereocenters.